The Hall–Kier alpha value is -0.0400. The molecule has 1 rings (SSSR count). The number of hydrogen-bond donors (Lipinski definition) is 1. The van der Waals surface area contributed by atoms with Crippen LogP contribution in [0.15, 0.2) is 0 Å². The van der Waals surface area contributed by atoms with Gasteiger partial charge in [-0.25, -0.2) is 0 Å². The van der Waals surface area contributed by atoms with Crippen LogP contribution in [0.1, 0.15) is 65.7 Å². The minimum absolute atomic E-state index is 0.179. The topological polar surface area (TPSA) is 26.0 Å². The molecule has 0 spiro atoms. The highest BCUT2D eigenvalue weighted by molar-refractivity contribution is 4.87. The Kier molecular flexibility index (Phi) is 4.43. The van der Waals surface area contributed by atoms with Crippen molar-refractivity contribution in [1.82, 2.24) is 0 Å². The zero-order chi connectivity index (χ0) is 10.6. The summed E-state index contributed by atoms with van der Waals surface area (Å²) >= 11 is 0. The fourth-order valence-corrected chi connectivity index (χ4v) is 2.87. The van der Waals surface area contributed by atoms with E-state index >= 15 is 0 Å². The number of hydrogen-bond acceptors (Lipinski definition) is 1. The molecule has 1 nitrogen and oxygen atoms in total. The average Bonchev–Trinajstić information content (AvgIpc) is 2.28. The van der Waals surface area contributed by atoms with E-state index < -0.39 is 0 Å². The van der Waals surface area contributed by atoms with Crippen molar-refractivity contribution in [3.63, 3.8) is 0 Å². The lowest BCUT2D eigenvalue weighted by molar-refractivity contribution is 0.311. The Morgan fingerprint density at radius 3 is 2.57 bits per heavy atom. The first-order valence-corrected chi connectivity index (χ1v) is 6.36. The van der Waals surface area contributed by atoms with Gasteiger partial charge in [0.15, 0.2) is 0 Å². The van der Waals surface area contributed by atoms with Crippen molar-refractivity contribution in [1.29, 1.82) is 0 Å². The van der Waals surface area contributed by atoms with Crippen molar-refractivity contribution >= 4 is 0 Å². The molecule has 0 saturated heterocycles. The monoisotopic (exact) mass is 197 g/mol. The van der Waals surface area contributed by atoms with Gasteiger partial charge in [0.2, 0.25) is 0 Å². The van der Waals surface area contributed by atoms with Gasteiger partial charge < -0.3 is 5.73 Å². The summed E-state index contributed by atoms with van der Waals surface area (Å²) in [4.78, 5) is 0. The fraction of sp³-hybridized carbons (Fsp3) is 1.00. The molecule has 1 heteroatoms. The SMILES string of the molecule is CCCC1(N)CCCC(C(C)C)CC1. The van der Waals surface area contributed by atoms with E-state index in [0.29, 0.717) is 0 Å². The van der Waals surface area contributed by atoms with Crippen LogP contribution in [0.5, 0.6) is 0 Å². The van der Waals surface area contributed by atoms with Crippen LogP contribution in [0.3, 0.4) is 0 Å². The first-order valence-electron chi connectivity index (χ1n) is 6.36. The molecule has 2 N–H and O–H groups in total. The predicted octanol–water partition coefficient (Wildman–Crippen LogP) is 3.72. The summed E-state index contributed by atoms with van der Waals surface area (Å²) in [7, 11) is 0. The van der Waals surface area contributed by atoms with E-state index in [9.17, 15) is 0 Å². The van der Waals surface area contributed by atoms with Gasteiger partial charge in [0, 0.05) is 5.54 Å². The Bertz CT molecular complexity index is 165. The first kappa shape index (κ1) is 12.0. The molecule has 1 aliphatic rings. The highest BCUT2D eigenvalue weighted by Crippen LogP contribution is 2.34. The zero-order valence-electron chi connectivity index (χ0n) is 10.2. The summed E-state index contributed by atoms with van der Waals surface area (Å²) in [6.07, 6.45) is 9.07. The molecule has 2 unspecified atom stereocenters. The van der Waals surface area contributed by atoms with Gasteiger partial charge in [-0.05, 0) is 37.5 Å². The third kappa shape index (κ3) is 3.27. The maximum absolute atomic E-state index is 6.43. The van der Waals surface area contributed by atoms with Gasteiger partial charge in [-0.1, -0.05) is 40.0 Å². The molecule has 0 radical (unpaired) electrons. The lowest BCUT2D eigenvalue weighted by Gasteiger charge is -2.28. The molecule has 0 bridgehead atoms. The van der Waals surface area contributed by atoms with Gasteiger partial charge in [-0.15, -0.1) is 0 Å². The second-order valence-electron chi connectivity index (χ2n) is 5.55. The second kappa shape index (κ2) is 5.16. The van der Waals surface area contributed by atoms with Crippen molar-refractivity contribution in [2.45, 2.75) is 71.3 Å². The molecule has 1 fully saturated rings. The maximum Gasteiger partial charge on any atom is 0.0154 e. The van der Waals surface area contributed by atoms with Crippen molar-refractivity contribution < 1.29 is 0 Å². The van der Waals surface area contributed by atoms with Gasteiger partial charge >= 0.3 is 0 Å². The molecule has 0 aromatic carbocycles. The summed E-state index contributed by atoms with van der Waals surface area (Å²) in [5.41, 5.74) is 6.61. The molecule has 0 aliphatic heterocycles. The smallest absolute Gasteiger partial charge is 0.0154 e. The van der Waals surface area contributed by atoms with Crippen molar-refractivity contribution in [3.05, 3.63) is 0 Å². The highest BCUT2D eigenvalue weighted by atomic mass is 14.7. The number of rotatable bonds is 3. The standard InChI is InChI=1S/C13H27N/c1-4-8-13(14)9-5-6-12(7-10-13)11(2)3/h11-12H,4-10,14H2,1-3H3. The Labute approximate surface area is 89.5 Å². The molecule has 14 heavy (non-hydrogen) atoms. The highest BCUT2D eigenvalue weighted by Gasteiger charge is 2.29. The van der Waals surface area contributed by atoms with Crippen LogP contribution in [-0.4, -0.2) is 5.54 Å². The maximum atomic E-state index is 6.43. The van der Waals surface area contributed by atoms with E-state index in [4.69, 9.17) is 5.73 Å². The molecule has 1 aliphatic carbocycles. The Balaban J connectivity index is 2.47. The summed E-state index contributed by atoms with van der Waals surface area (Å²) in [5.74, 6) is 1.77. The largest absolute Gasteiger partial charge is 0.325 e. The van der Waals surface area contributed by atoms with Crippen LogP contribution < -0.4 is 5.73 Å². The first-order chi connectivity index (χ1) is 6.57. The van der Waals surface area contributed by atoms with E-state index in [2.05, 4.69) is 20.8 Å². The van der Waals surface area contributed by atoms with E-state index in [1.54, 1.807) is 0 Å². The van der Waals surface area contributed by atoms with Gasteiger partial charge in [0.05, 0.1) is 0 Å². The minimum atomic E-state index is 0.179. The lowest BCUT2D eigenvalue weighted by Crippen LogP contribution is -2.38. The molecule has 0 aromatic rings. The quantitative estimate of drug-likeness (QED) is 0.686. The summed E-state index contributed by atoms with van der Waals surface area (Å²) in [6.45, 7) is 6.96. The lowest BCUT2D eigenvalue weighted by atomic mass is 9.85. The Morgan fingerprint density at radius 2 is 2.00 bits per heavy atom. The predicted molar refractivity (Wildman–Crippen MR) is 63.2 cm³/mol. The van der Waals surface area contributed by atoms with Gasteiger partial charge in [-0.2, -0.15) is 0 Å². The van der Waals surface area contributed by atoms with Crippen LogP contribution in [-0.2, 0) is 0 Å². The van der Waals surface area contributed by atoms with Gasteiger partial charge in [0.25, 0.3) is 0 Å². The molecular weight excluding hydrogens is 170 g/mol. The van der Waals surface area contributed by atoms with Crippen molar-refractivity contribution in [2.75, 3.05) is 0 Å². The van der Waals surface area contributed by atoms with Crippen molar-refractivity contribution in [3.8, 4) is 0 Å². The zero-order valence-corrected chi connectivity index (χ0v) is 10.2. The normalized spacial score (nSPS) is 34.5. The molecule has 0 amide bonds. The molecule has 2 atom stereocenters. The summed E-state index contributed by atoms with van der Waals surface area (Å²) in [5, 5.41) is 0. The fourth-order valence-electron chi connectivity index (χ4n) is 2.87. The van der Waals surface area contributed by atoms with Crippen LogP contribution in [0, 0.1) is 11.8 Å². The molecule has 0 heterocycles. The van der Waals surface area contributed by atoms with Crippen LogP contribution >= 0.6 is 0 Å². The van der Waals surface area contributed by atoms with Crippen molar-refractivity contribution in [2.24, 2.45) is 17.6 Å². The minimum Gasteiger partial charge on any atom is -0.325 e. The summed E-state index contributed by atoms with van der Waals surface area (Å²) in [6, 6.07) is 0. The molecular formula is C13H27N. The van der Waals surface area contributed by atoms with Crippen LogP contribution in [0.2, 0.25) is 0 Å². The van der Waals surface area contributed by atoms with E-state index in [-0.39, 0.29) is 5.54 Å². The third-order valence-electron chi connectivity index (χ3n) is 3.95. The van der Waals surface area contributed by atoms with Crippen LogP contribution in [0.4, 0.5) is 0 Å². The Morgan fingerprint density at radius 1 is 1.29 bits per heavy atom. The van der Waals surface area contributed by atoms with Gasteiger partial charge in [0.1, 0.15) is 0 Å². The third-order valence-corrected chi connectivity index (χ3v) is 3.95. The molecule has 0 aromatic heterocycles. The van der Waals surface area contributed by atoms with E-state index in [1.165, 1.54) is 44.9 Å². The van der Waals surface area contributed by atoms with Crippen LogP contribution in [0.25, 0.3) is 0 Å². The summed E-state index contributed by atoms with van der Waals surface area (Å²) < 4.78 is 0. The molecule has 84 valence electrons. The average molecular weight is 197 g/mol. The molecule has 1 saturated carbocycles. The van der Waals surface area contributed by atoms with Gasteiger partial charge in [-0.3, -0.25) is 0 Å². The second-order valence-corrected chi connectivity index (χ2v) is 5.55. The van der Waals surface area contributed by atoms with E-state index in [0.717, 1.165) is 11.8 Å². The number of nitrogens with two attached hydrogens (primary N) is 1. The van der Waals surface area contributed by atoms with E-state index in [1.807, 2.05) is 0 Å².